The molecule has 0 saturated carbocycles. The van der Waals surface area contributed by atoms with Crippen LogP contribution in [0.2, 0.25) is 0 Å². The van der Waals surface area contributed by atoms with Crippen LogP contribution in [0.3, 0.4) is 0 Å². The quantitative estimate of drug-likeness (QED) is 0.203. The lowest BCUT2D eigenvalue weighted by Gasteiger charge is -2.24. The summed E-state index contributed by atoms with van der Waals surface area (Å²) in [4.78, 5) is 33.2. The zero-order chi connectivity index (χ0) is 28.0. The summed E-state index contributed by atoms with van der Waals surface area (Å²) < 4.78 is 28.2. The molecule has 0 unspecified atom stereocenters. The molecule has 1 amide bonds. The van der Waals surface area contributed by atoms with Gasteiger partial charge >= 0.3 is 5.91 Å². The highest BCUT2D eigenvalue weighted by Gasteiger charge is 2.48. The predicted octanol–water partition coefficient (Wildman–Crippen LogP) is 4.72. The lowest BCUT2D eigenvalue weighted by Crippen LogP contribution is -2.29. The Morgan fingerprint density at radius 3 is 2.45 bits per heavy atom. The van der Waals surface area contributed by atoms with Gasteiger partial charge in [0.1, 0.15) is 24.7 Å². The van der Waals surface area contributed by atoms with Gasteiger partial charge in [0.05, 0.1) is 43.2 Å². The number of fused-ring (bicyclic) bond motifs is 2. The van der Waals surface area contributed by atoms with Crippen molar-refractivity contribution in [3.63, 3.8) is 0 Å². The summed E-state index contributed by atoms with van der Waals surface area (Å²) in [5, 5.41) is 11.8. The summed E-state index contributed by atoms with van der Waals surface area (Å²) in [6, 6.07) is 14.3. The summed E-state index contributed by atoms with van der Waals surface area (Å²) in [6.07, 6.45) is 0. The number of methoxy groups -OCH3 is 3. The summed E-state index contributed by atoms with van der Waals surface area (Å²) in [7, 11) is 4.58. The molecule has 1 saturated heterocycles. The molecule has 1 fully saturated rings. The molecule has 11 heteroatoms. The molecular formula is C29H24N2O8S. The van der Waals surface area contributed by atoms with E-state index in [9.17, 15) is 14.7 Å². The highest BCUT2D eigenvalue weighted by Crippen LogP contribution is 2.46. The molecule has 40 heavy (non-hydrogen) atoms. The van der Waals surface area contributed by atoms with E-state index < -0.39 is 17.7 Å². The molecule has 0 bridgehead atoms. The SMILES string of the molecule is COc1ccc2nc(N3C(=O)C(=O)/C(=C(/O)c4ccc5c(c4)OCCO5)[C@@H]3c3ccc(OC)c(OC)c3)sc2c1. The molecule has 0 radical (unpaired) electrons. The first-order valence-electron chi connectivity index (χ1n) is 12.3. The summed E-state index contributed by atoms with van der Waals surface area (Å²) in [5.74, 6) is 0.479. The second-order valence-electron chi connectivity index (χ2n) is 8.97. The number of thiazole rings is 1. The Labute approximate surface area is 232 Å². The fourth-order valence-corrected chi connectivity index (χ4v) is 5.86. The van der Waals surface area contributed by atoms with Crippen LogP contribution in [-0.4, -0.2) is 56.3 Å². The number of anilines is 1. The van der Waals surface area contributed by atoms with E-state index in [0.717, 1.165) is 4.70 Å². The van der Waals surface area contributed by atoms with Gasteiger partial charge < -0.3 is 28.8 Å². The first kappa shape index (κ1) is 25.5. The van der Waals surface area contributed by atoms with Gasteiger partial charge in [-0.15, -0.1) is 0 Å². The number of hydrogen-bond acceptors (Lipinski definition) is 10. The van der Waals surface area contributed by atoms with Gasteiger partial charge in [-0.1, -0.05) is 17.4 Å². The minimum atomic E-state index is -1.00. The predicted molar refractivity (Wildman–Crippen MR) is 148 cm³/mol. The van der Waals surface area contributed by atoms with E-state index in [1.54, 1.807) is 55.6 Å². The molecule has 6 rings (SSSR count). The Balaban J connectivity index is 1.55. The van der Waals surface area contributed by atoms with Gasteiger partial charge in [0.25, 0.3) is 5.78 Å². The third kappa shape index (κ3) is 4.15. The van der Waals surface area contributed by atoms with Crippen molar-refractivity contribution in [3.8, 4) is 28.7 Å². The van der Waals surface area contributed by atoms with Gasteiger partial charge in [-0.2, -0.15) is 0 Å². The smallest absolute Gasteiger partial charge is 0.301 e. The number of aliphatic hydroxyl groups excluding tert-OH is 1. The summed E-state index contributed by atoms with van der Waals surface area (Å²) >= 11 is 1.24. The molecule has 4 aromatic rings. The van der Waals surface area contributed by atoms with Crippen LogP contribution in [0.1, 0.15) is 17.2 Å². The average Bonchev–Trinajstić information content (AvgIpc) is 3.53. The molecule has 2 aliphatic heterocycles. The number of amides is 1. The Hall–Kier alpha value is -4.77. The van der Waals surface area contributed by atoms with Crippen molar-refractivity contribution < 1.29 is 38.4 Å². The van der Waals surface area contributed by atoms with Crippen molar-refractivity contribution in [1.82, 2.24) is 4.98 Å². The Morgan fingerprint density at radius 2 is 1.70 bits per heavy atom. The number of benzene rings is 3. The minimum absolute atomic E-state index is 0.0919. The largest absolute Gasteiger partial charge is 0.507 e. The number of aliphatic hydroxyl groups is 1. The maximum absolute atomic E-state index is 13.6. The van der Waals surface area contributed by atoms with Crippen LogP contribution < -0.4 is 28.6 Å². The molecule has 1 aromatic heterocycles. The molecule has 3 heterocycles. The highest BCUT2D eigenvalue weighted by atomic mass is 32.1. The highest BCUT2D eigenvalue weighted by molar-refractivity contribution is 7.22. The van der Waals surface area contributed by atoms with Crippen molar-refractivity contribution in [2.45, 2.75) is 6.04 Å². The van der Waals surface area contributed by atoms with E-state index in [0.29, 0.717) is 63.7 Å². The van der Waals surface area contributed by atoms with Gasteiger partial charge in [-0.3, -0.25) is 14.5 Å². The number of aromatic nitrogens is 1. The third-order valence-electron chi connectivity index (χ3n) is 6.77. The Kier molecular flexibility index (Phi) is 6.43. The van der Waals surface area contributed by atoms with Gasteiger partial charge in [0.2, 0.25) is 0 Å². The molecule has 3 aromatic carbocycles. The molecule has 0 spiro atoms. The van der Waals surface area contributed by atoms with Crippen molar-refractivity contribution in [2.24, 2.45) is 0 Å². The average molecular weight is 561 g/mol. The Bertz CT molecular complexity index is 1690. The number of Topliss-reactive ketones (excluding diaryl/α,β-unsaturated/α-hetero) is 1. The van der Waals surface area contributed by atoms with E-state index in [1.165, 1.54) is 30.5 Å². The second-order valence-corrected chi connectivity index (χ2v) is 9.98. The van der Waals surface area contributed by atoms with Crippen LogP contribution in [0.25, 0.3) is 16.0 Å². The molecular weight excluding hydrogens is 536 g/mol. The number of rotatable bonds is 6. The minimum Gasteiger partial charge on any atom is -0.507 e. The van der Waals surface area contributed by atoms with Crippen molar-refractivity contribution in [2.75, 3.05) is 39.4 Å². The van der Waals surface area contributed by atoms with Gasteiger partial charge in [-0.05, 0) is 54.1 Å². The standard InChI is InChI=1S/C29H24N2O8S/c1-35-17-6-7-18-23(14-17)40-29(30-18)31-25(15-4-8-19(36-2)21(12-15)37-3)24(27(33)28(31)34)26(32)16-5-9-20-22(13-16)39-11-10-38-20/h4-9,12-14,25,32H,10-11H2,1-3H3/b26-24+/t25-/m0/s1. The molecule has 1 atom stereocenters. The molecule has 2 aliphatic rings. The van der Waals surface area contributed by atoms with E-state index in [4.69, 9.17) is 23.7 Å². The number of carbonyl (C=O) groups excluding carboxylic acids is 2. The topological polar surface area (TPSA) is 117 Å². The first-order chi connectivity index (χ1) is 19.4. The number of nitrogens with zero attached hydrogens (tertiary/aromatic N) is 2. The van der Waals surface area contributed by atoms with E-state index in [2.05, 4.69) is 4.98 Å². The van der Waals surface area contributed by atoms with Crippen LogP contribution in [0, 0.1) is 0 Å². The van der Waals surface area contributed by atoms with Gasteiger partial charge in [-0.25, -0.2) is 4.98 Å². The molecule has 204 valence electrons. The zero-order valence-corrected chi connectivity index (χ0v) is 22.6. The van der Waals surface area contributed by atoms with Crippen molar-refractivity contribution in [3.05, 3.63) is 71.3 Å². The summed E-state index contributed by atoms with van der Waals surface area (Å²) in [5.41, 5.74) is 1.38. The molecule has 1 N–H and O–H groups in total. The molecule has 10 nitrogen and oxygen atoms in total. The van der Waals surface area contributed by atoms with E-state index in [-0.39, 0.29) is 11.3 Å². The van der Waals surface area contributed by atoms with Crippen LogP contribution in [-0.2, 0) is 9.59 Å². The number of hydrogen-bond donors (Lipinski definition) is 1. The maximum atomic E-state index is 13.6. The zero-order valence-electron chi connectivity index (χ0n) is 21.8. The number of carbonyl (C=O) groups is 2. The van der Waals surface area contributed by atoms with E-state index >= 15 is 0 Å². The normalized spacial score (nSPS) is 17.8. The van der Waals surface area contributed by atoms with Crippen LogP contribution in [0.4, 0.5) is 5.13 Å². The van der Waals surface area contributed by atoms with Crippen LogP contribution >= 0.6 is 11.3 Å². The van der Waals surface area contributed by atoms with Crippen LogP contribution in [0.5, 0.6) is 28.7 Å². The van der Waals surface area contributed by atoms with Crippen LogP contribution in [0.15, 0.2) is 60.2 Å². The number of ketones is 1. The van der Waals surface area contributed by atoms with Gasteiger partial charge in [0, 0.05) is 5.56 Å². The van der Waals surface area contributed by atoms with E-state index in [1.807, 2.05) is 6.07 Å². The van der Waals surface area contributed by atoms with Crippen molar-refractivity contribution in [1.29, 1.82) is 0 Å². The summed E-state index contributed by atoms with van der Waals surface area (Å²) in [6.45, 7) is 0.770. The first-order valence-corrected chi connectivity index (χ1v) is 13.1. The van der Waals surface area contributed by atoms with Gasteiger partial charge in [0.15, 0.2) is 28.1 Å². The lowest BCUT2D eigenvalue weighted by molar-refractivity contribution is -0.132. The monoisotopic (exact) mass is 560 g/mol. The number of ether oxygens (including phenoxy) is 5. The van der Waals surface area contributed by atoms with Crippen molar-refractivity contribution >= 4 is 44.1 Å². The Morgan fingerprint density at radius 1 is 0.925 bits per heavy atom. The molecule has 0 aliphatic carbocycles. The third-order valence-corrected chi connectivity index (χ3v) is 7.79. The lowest BCUT2D eigenvalue weighted by atomic mass is 9.95. The second kappa shape index (κ2) is 10.1. The fraction of sp³-hybridized carbons (Fsp3) is 0.207. The fourth-order valence-electron chi connectivity index (χ4n) is 4.84. The maximum Gasteiger partial charge on any atom is 0.301 e.